The summed E-state index contributed by atoms with van der Waals surface area (Å²) < 4.78 is 40.5. The number of aromatic nitrogens is 1. The van der Waals surface area contributed by atoms with Crippen LogP contribution in [0.15, 0.2) is 41.0 Å². The van der Waals surface area contributed by atoms with E-state index in [9.17, 15) is 13.2 Å². The van der Waals surface area contributed by atoms with Crippen LogP contribution in [0.1, 0.15) is 0 Å². The number of halogens is 5. The number of ether oxygens (including phenoxy) is 1. The first-order valence-electron chi connectivity index (χ1n) is 5.27. The molecule has 0 spiro atoms. The van der Waals surface area contributed by atoms with E-state index in [0.29, 0.717) is 21.0 Å². The summed E-state index contributed by atoms with van der Waals surface area (Å²) in [6.45, 7) is 0. The minimum Gasteiger partial charge on any atom is -0.406 e. The Morgan fingerprint density at radius 2 is 1.85 bits per heavy atom. The summed E-state index contributed by atoms with van der Waals surface area (Å²) in [4.78, 5) is 4.05. The number of nitrogens with zero attached hydrogens (tertiary/aromatic N) is 1. The van der Waals surface area contributed by atoms with E-state index in [2.05, 4.69) is 31.0 Å². The Bertz CT molecular complexity index is 605. The molecule has 1 heterocycles. The summed E-state index contributed by atoms with van der Waals surface area (Å²) in [7, 11) is 0. The lowest BCUT2D eigenvalue weighted by molar-refractivity contribution is -0.274. The van der Waals surface area contributed by atoms with Gasteiger partial charge in [0.1, 0.15) is 11.6 Å². The van der Waals surface area contributed by atoms with E-state index in [4.69, 9.17) is 11.6 Å². The molecule has 0 aliphatic heterocycles. The molecule has 0 atom stereocenters. The van der Waals surface area contributed by atoms with E-state index in [1.54, 1.807) is 6.07 Å². The summed E-state index contributed by atoms with van der Waals surface area (Å²) in [5.74, 6) is 0.213. The van der Waals surface area contributed by atoms with Gasteiger partial charge in [0, 0.05) is 11.9 Å². The zero-order valence-electron chi connectivity index (χ0n) is 9.71. The van der Waals surface area contributed by atoms with E-state index in [0.717, 1.165) is 0 Å². The molecule has 3 nitrogen and oxygen atoms in total. The van der Waals surface area contributed by atoms with Gasteiger partial charge in [-0.25, -0.2) is 4.98 Å². The lowest BCUT2D eigenvalue weighted by Gasteiger charge is -2.10. The van der Waals surface area contributed by atoms with Crippen molar-refractivity contribution >= 4 is 39.0 Å². The molecule has 0 unspecified atom stereocenters. The molecule has 0 aliphatic rings. The summed E-state index contributed by atoms with van der Waals surface area (Å²) in [6, 6.07) is 6.96. The van der Waals surface area contributed by atoms with E-state index in [1.165, 1.54) is 30.5 Å². The maximum atomic E-state index is 12.0. The molecule has 20 heavy (non-hydrogen) atoms. The molecule has 1 aromatic heterocycles. The van der Waals surface area contributed by atoms with Crippen LogP contribution in [0, 0.1) is 0 Å². The Hall–Kier alpha value is -1.47. The minimum absolute atomic E-state index is 0.286. The third-order valence-electron chi connectivity index (χ3n) is 2.16. The summed E-state index contributed by atoms with van der Waals surface area (Å²) in [6.07, 6.45) is -3.24. The topological polar surface area (TPSA) is 34.1 Å². The maximum absolute atomic E-state index is 12.0. The SMILES string of the molecule is FC(F)(F)Oc1ccc(Nc2ncc(Cl)cc2Br)cc1. The number of hydrogen-bond donors (Lipinski definition) is 1. The summed E-state index contributed by atoms with van der Waals surface area (Å²) in [5.41, 5.74) is 0.565. The highest BCUT2D eigenvalue weighted by atomic mass is 79.9. The molecule has 2 aromatic rings. The molecule has 0 aliphatic carbocycles. The van der Waals surface area contributed by atoms with Gasteiger partial charge >= 0.3 is 6.36 Å². The molecule has 0 bridgehead atoms. The van der Waals surface area contributed by atoms with Gasteiger partial charge in [-0.15, -0.1) is 13.2 Å². The van der Waals surface area contributed by atoms with Gasteiger partial charge in [0.25, 0.3) is 0 Å². The maximum Gasteiger partial charge on any atom is 0.573 e. The molecule has 0 saturated heterocycles. The Morgan fingerprint density at radius 1 is 1.20 bits per heavy atom. The van der Waals surface area contributed by atoms with Crippen LogP contribution >= 0.6 is 27.5 Å². The number of alkyl halides is 3. The molecule has 106 valence electrons. The fourth-order valence-electron chi connectivity index (χ4n) is 1.38. The number of nitrogens with one attached hydrogen (secondary N) is 1. The number of anilines is 2. The van der Waals surface area contributed by atoms with Crippen LogP contribution < -0.4 is 10.1 Å². The lowest BCUT2D eigenvalue weighted by Crippen LogP contribution is -2.16. The van der Waals surface area contributed by atoms with E-state index in [-0.39, 0.29) is 5.75 Å². The number of hydrogen-bond acceptors (Lipinski definition) is 3. The van der Waals surface area contributed by atoms with Gasteiger partial charge in [-0.3, -0.25) is 0 Å². The predicted octanol–water partition coefficient (Wildman–Crippen LogP) is 5.14. The zero-order valence-corrected chi connectivity index (χ0v) is 12.1. The van der Waals surface area contributed by atoms with Crippen molar-refractivity contribution in [1.29, 1.82) is 0 Å². The van der Waals surface area contributed by atoms with Gasteiger partial charge in [0.05, 0.1) is 9.50 Å². The van der Waals surface area contributed by atoms with Crippen molar-refractivity contribution in [2.24, 2.45) is 0 Å². The normalized spacial score (nSPS) is 11.2. The first-order valence-corrected chi connectivity index (χ1v) is 6.44. The van der Waals surface area contributed by atoms with Crippen LogP contribution in [0.3, 0.4) is 0 Å². The van der Waals surface area contributed by atoms with Crippen molar-refractivity contribution in [2.75, 3.05) is 5.32 Å². The van der Waals surface area contributed by atoms with Crippen molar-refractivity contribution in [3.8, 4) is 5.75 Å². The number of rotatable bonds is 3. The molecule has 2 rings (SSSR count). The molecule has 1 aromatic carbocycles. The molecular formula is C12H7BrClF3N2O. The van der Waals surface area contributed by atoms with Crippen LogP contribution in [0.2, 0.25) is 5.02 Å². The Labute approximate surface area is 125 Å². The Balaban J connectivity index is 2.11. The van der Waals surface area contributed by atoms with Crippen molar-refractivity contribution in [3.63, 3.8) is 0 Å². The van der Waals surface area contributed by atoms with Crippen LogP contribution in [0.5, 0.6) is 5.75 Å². The van der Waals surface area contributed by atoms with E-state index < -0.39 is 6.36 Å². The minimum atomic E-state index is -4.70. The summed E-state index contributed by atoms with van der Waals surface area (Å²) in [5, 5.41) is 3.40. The van der Waals surface area contributed by atoms with E-state index >= 15 is 0 Å². The average molecular weight is 368 g/mol. The third kappa shape index (κ3) is 4.28. The zero-order chi connectivity index (χ0) is 14.8. The van der Waals surface area contributed by atoms with Crippen LogP contribution in [-0.4, -0.2) is 11.3 Å². The van der Waals surface area contributed by atoms with Crippen LogP contribution in [0.4, 0.5) is 24.7 Å². The van der Waals surface area contributed by atoms with E-state index in [1.807, 2.05) is 0 Å². The Morgan fingerprint density at radius 3 is 2.40 bits per heavy atom. The monoisotopic (exact) mass is 366 g/mol. The molecule has 8 heteroatoms. The molecule has 0 radical (unpaired) electrons. The molecular weight excluding hydrogens is 360 g/mol. The number of benzene rings is 1. The Kier molecular flexibility index (Phi) is 4.39. The molecule has 0 fully saturated rings. The largest absolute Gasteiger partial charge is 0.573 e. The molecule has 0 amide bonds. The molecule has 0 saturated carbocycles. The van der Waals surface area contributed by atoms with Crippen LogP contribution in [-0.2, 0) is 0 Å². The van der Waals surface area contributed by atoms with Crippen molar-refractivity contribution in [3.05, 3.63) is 46.0 Å². The second-order valence-electron chi connectivity index (χ2n) is 3.68. The highest BCUT2D eigenvalue weighted by Gasteiger charge is 2.30. The predicted molar refractivity (Wildman–Crippen MR) is 73.4 cm³/mol. The second-order valence-corrected chi connectivity index (χ2v) is 4.97. The molecule has 1 N–H and O–H groups in total. The fraction of sp³-hybridized carbons (Fsp3) is 0.0833. The first kappa shape index (κ1) is 14.9. The van der Waals surface area contributed by atoms with Crippen molar-refractivity contribution < 1.29 is 17.9 Å². The van der Waals surface area contributed by atoms with Gasteiger partial charge in [-0.05, 0) is 46.3 Å². The highest BCUT2D eigenvalue weighted by molar-refractivity contribution is 9.10. The van der Waals surface area contributed by atoms with Gasteiger partial charge in [0.15, 0.2) is 0 Å². The van der Waals surface area contributed by atoms with Gasteiger partial charge in [-0.2, -0.15) is 0 Å². The van der Waals surface area contributed by atoms with Crippen molar-refractivity contribution in [2.45, 2.75) is 6.36 Å². The average Bonchev–Trinajstić information content (AvgIpc) is 2.33. The van der Waals surface area contributed by atoms with Gasteiger partial charge in [0.2, 0.25) is 0 Å². The van der Waals surface area contributed by atoms with Crippen molar-refractivity contribution in [1.82, 2.24) is 4.98 Å². The quantitative estimate of drug-likeness (QED) is 0.815. The second kappa shape index (κ2) is 5.88. The standard InChI is InChI=1S/C12H7BrClF3N2O/c13-10-5-7(14)6-18-11(10)19-8-1-3-9(4-2-8)20-12(15,16)17/h1-6H,(H,18,19). The van der Waals surface area contributed by atoms with Crippen LogP contribution in [0.25, 0.3) is 0 Å². The summed E-state index contributed by atoms with van der Waals surface area (Å²) >= 11 is 9.03. The fourth-order valence-corrected chi connectivity index (χ4v) is 2.12. The highest BCUT2D eigenvalue weighted by Crippen LogP contribution is 2.28. The smallest absolute Gasteiger partial charge is 0.406 e. The van der Waals surface area contributed by atoms with Gasteiger partial charge < -0.3 is 10.1 Å². The number of pyridine rings is 1. The lowest BCUT2D eigenvalue weighted by atomic mass is 10.3. The third-order valence-corrected chi connectivity index (χ3v) is 2.97. The first-order chi connectivity index (χ1) is 9.33. The van der Waals surface area contributed by atoms with Gasteiger partial charge in [-0.1, -0.05) is 11.6 Å².